The maximum Gasteiger partial charge on any atom is 0.154 e. The molecule has 0 radical (unpaired) electrons. The molecule has 0 fully saturated rings. The highest BCUT2D eigenvalue weighted by molar-refractivity contribution is 6.30. The summed E-state index contributed by atoms with van der Waals surface area (Å²) in [4.78, 5) is 0. The number of hydrogen-bond donors (Lipinski definition) is 0. The Hall–Kier alpha value is -1.35. The summed E-state index contributed by atoms with van der Waals surface area (Å²) >= 11 is 5.76. The molecule has 66 valence electrons. The fourth-order valence-corrected chi connectivity index (χ4v) is 1.18. The fourth-order valence-electron chi connectivity index (χ4n) is 1.04. The van der Waals surface area contributed by atoms with E-state index in [0.29, 0.717) is 16.5 Å². The molecule has 0 bridgehead atoms. The second kappa shape index (κ2) is 3.18. The Bertz CT molecular complexity index is 425. The van der Waals surface area contributed by atoms with Crippen molar-refractivity contribution >= 4 is 11.6 Å². The molecule has 0 saturated heterocycles. The Morgan fingerprint density at radius 3 is 2.85 bits per heavy atom. The Labute approximate surface area is 80.4 Å². The van der Waals surface area contributed by atoms with Gasteiger partial charge in [-0.2, -0.15) is 5.10 Å². The summed E-state index contributed by atoms with van der Waals surface area (Å²) in [6.07, 6.45) is 1.49. The van der Waals surface area contributed by atoms with E-state index in [-0.39, 0.29) is 0 Å². The van der Waals surface area contributed by atoms with E-state index >= 15 is 0 Å². The second-order valence-electron chi connectivity index (χ2n) is 2.67. The first kappa shape index (κ1) is 8.26. The summed E-state index contributed by atoms with van der Waals surface area (Å²) in [6.45, 7) is 1.88. The third kappa shape index (κ3) is 1.70. The monoisotopic (exact) mass is 194 g/mol. The SMILES string of the molecule is Cc1ccc(-c2cc(Cl)cnn2)o1. The Balaban J connectivity index is 2.46. The quantitative estimate of drug-likeness (QED) is 0.701. The number of furan rings is 1. The van der Waals surface area contributed by atoms with Crippen molar-refractivity contribution in [2.24, 2.45) is 0 Å². The molecule has 0 spiro atoms. The first-order valence-electron chi connectivity index (χ1n) is 3.81. The van der Waals surface area contributed by atoms with Crippen molar-refractivity contribution in [2.45, 2.75) is 6.92 Å². The molecule has 0 amide bonds. The molecule has 0 atom stereocenters. The highest BCUT2D eigenvalue weighted by atomic mass is 35.5. The maximum atomic E-state index is 5.76. The van der Waals surface area contributed by atoms with E-state index in [1.807, 2.05) is 19.1 Å². The normalized spacial score (nSPS) is 10.3. The molecule has 3 nitrogen and oxygen atoms in total. The lowest BCUT2D eigenvalue weighted by Gasteiger charge is -1.94. The van der Waals surface area contributed by atoms with Gasteiger partial charge in [-0.3, -0.25) is 0 Å². The van der Waals surface area contributed by atoms with E-state index in [0.717, 1.165) is 5.76 Å². The summed E-state index contributed by atoms with van der Waals surface area (Å²) < 4.78 is 5.36. The number of aryl methyl sites for hydroxylation is 1. The van der Waals surface area contributed by atoms with Crippen LogP contribution < -0.4 is 0 Å². The number of rotatable bonds is 1. The van der Waals surface area contributed by atoms with Crippen molar-refractivity contribution in [3.8, 4) is 11.5 Å². The Morgan fingerprint density at radius 1 is 1.38 bits per heavy atom. The highest BCUT2D eigenvalue weighted by Gasteiger charge is 2.04. The molecule has 0 unspecified atom stereocenters. The van der Waals surface area contributed by atoms with Crippen LogP contribution >= 0.6 is 11.6 Å². The fraction of sp³-hybridized carbons (Fsp3) is 0.111. The predicted molar refractivity (Wildman–Crippen MR) is 49.5 cm³/mol. The molecule has 0 aromatic carbocycles. The third-order valence-corrected chi connectivity index (χ3v) is 1.82. The molecule has 0 aliphatic carbocycles. The van der Waals surface area contributed by atoms with Gasteiger partial charge in [-0.15, -0.1) is 5.10 Å². The van der Waals surface area contributed by atoms with Gasteiger partial charge >= 0.3 is 0 Å². The van der Waals surface area contributed by atoms with Gasteiger partial charge in [-0.05, 0) is 25.1 Å². The van der Waals surface area contributed by atoms with Gasteiger partial charge in [0, 0.05) is 0 Å². The second-order valence-corrected chi connectivity index (χ2v) is 3.11. The summed E-state index contributed by atoms with van der Waals surface area (Å²) in [5.41, 5.74) is 0.653. The summed E-state index contributed by atoms with van der Waals surface area (Å²) in [7, 11) is 0. The van der Waals surface area contributed by atoms with Crippen LogP contribution in [-0.2, 0) is 0 Å². The van der Waals surface area contributed by atoms with Crippen molar-refractivity contribution in [3.05, 3.63) is 35.2 Å². The van der Waals surface area contributed by atoms with Crippen LogP contribution in [0.25, 0.3) is 11.5 Å². The van der Waals surface area contributed by atoms with Crippen LogP contribution in [0.15, 0.2) is 28.8 Å². The van der Waals surface area contributed by atoms with Gasteiger partial charge in [0.25, 0.3) is 0 Å². The molecular formula is C9H7ClN2O. The number of nitrogens with zero attached hydrogens (tertiary/aromatic N) is 2. The van der Waals surface area contributed by atoms with Gasteiger partial charge < -0.3 is 4.42 Å². The van der Waals surface area contributed by atoms with Crippen LogP contribution in [0, 0.1) is 6.92 Å². The molecule has 0 aliphatic rings. The van der Waals surface area contributed by atoms with Gasteiger partial charge in [0.1, 0.15) is 11.5 Å². The van der Waals surface area contributed by atoms with E-state index < -0.39 is 0 Å². The predicted octanol–water partition coefficient (Wildman–Crippen LogP) is 2.70. The Kier molecular flexibility index (Phi) is 2.02. The van der Waals surface area contributed by atoms with Gasteiger partial charge in [0.2, 0.25) is 0 Å². The number of aromatic nitrogens is 2. The smallest absolute Gasteiger partial charge is 0.154 e. The van der Waals surface area contributed by atoms with Crippen molar-refractivity contribution in [1.82, 2.24) is 10.2 Å². The minimum atomic E-state index is 0.555. The molecule has 2 aromatic rings. The van der Waals surface area contributed by atoms with E-state index in [1.54, 1.807) is 6.07 Å². The van der Waals surface area contributed by atoms with E-state index in [2.05, 4.69) is 10.2 Å². The average Bonchev–Trinajstić information content (AvgIpc) is 2.52. The molecular weight excluding hydrogens is 188 g/mol. The lowest BCUT2D eigenvalue weighted by atomic mass is 10.3. The van der Waals surface area contributed by atoms with Crippen LogP contribution in [0.4, 0.5) is 0 Å². The molecule has 2 aromatic heterocycles. The number of hydrogen-bond acceptors (Lipinski definition) is 3. The summed E-state index contributed by atoms with van der Waals surface area (Å²) in [5.74, 6) is 1.53. The first-order valence-corrected chi connectivity index (χ1v) is 4.18. The molecule has 2 heterocycles. The molecule has 0 aliphatic heterocycles. The maximum absolute atomic E-state index is 5.76. The molecule has 0 N–H and O–H groups in total. The van der Waals surface area contributed by atoms with Gasteiger partial charge in [0.15, 0.2) is 5.76 Å². The standard InChI is InChI=1S/C9H7ClN2O/c1-6-2-3-9(13-6)8-4-7(10)5-11-12-8/h2-5H,1H3. The molecule has 0 saturated carbocycles. The topological polar surface area (TPSA) is 38.9 Å². The van der Waals surface area contributed by atoms with Crippen LogP contribution in [0.2, 0.25) is 5.02 Å². The van der Waals surface area contributed by atoms with Crippen molar-refractivity contribution < 1.29 is 4.42 Å². The van der Waals surface area contributed by atoms with Crippen LogP contribution in [0.3, 0.4) is 0 Å². The van der Waals surface area contributed by atoms with Gasteiger partial charge in [-0.25, -0.2) is 0 Å². The summed E-state index contributed by atoms with van der Waals surface area (Å²) in [6, 6.07) is 5.43. The van der Waals surface area contributed by atoms with Crippen molar-refractivity contribution in [2.75, 3.05) is 0 Å². The largest absolute Gasteiger partial charge is 0.460 e. The van der Waals surface area contributed by atoms with E-state index in [9.17, 15) is 0 Å². The Morgan fingerprint density at radius 2 is 2.23 bits per heavy atom. The van der Waals surface area contributed by atoms with Crippen LogP contribution in [0.5, 0.6) is 0 Å². The minimum Gasteiger partial charge on any atom is -0.460 e. The van der Waals surface area contributed by atoms with Crippen molar-refractivity contribution in [3.63, 3.8) is 0 Å². The van der Waals surface area contributed by atoms with Crippen LogP contribution in [-0.4, -0.2) is 10.2 Å². The van der Waals surface area contributed by atoms with E-state index in [4.69, 9.17) is 16.0 Å². The summed E-state index contributed by atoms with van der Waals surface area (Å²) in [5, 5.41) is 8.18. The lowest BCUT2D eigenvalue weighted by Crippen LogP contribution is -1.84. The average molecular weight is 195 g/mol. The lowest BCUT2D eigenvalue weighted by molar-refractivity contribution is 0.545. The number of halogens is 1. The van der Waals surface area contributed by atoms with E-state index in [1.165, 1.54) is 6.20 Å². The van der Waals surface area contributed by atoms with Crippen LogP contribution in [0.1, 0.15) is 5.76 Å². The zero-order valence-corrected chi connectivity index (χ0v) is 7.75. The minimum absolute atomic E-state index is 0.555. The zero-order chi connectivity index (χ0) is 9.26. The molecule has 13 heavy (non-hydrogen) atoms. The van der Waals surface area contributed by atoms with Crippen molar-refractivity contribution in [1.29, 1.82) is 0 Å². The zero-order valence-electron chi connectivity index (χ0n) is 6.99. The van der Waals surface area contributed by atoms with Gasteiger partial charge in [0.05, 0.1) is 11.2 Å². The highest BCUT2D eigenvalue weighted by Crippen LogP contribution is 2.21. The third-order valence-electron chi connectivity index (χ3n) is 1.61. The first-order chi connectivity index (χ1) is 6.25. The molecule has 2 rings (SSSR count). The molecule has 4 heteroatoms. The van der Waals surface area contributed by atoms with Gasteiger partial charge in [-0.1, -0.05) is 11.6 Å².